The first kappa shape index (κ1) is 18.7. The summed E-state index contributed by atoms with van der Waals surface area (Å²) in [5, 5.41) is 0.615. The second kappa shape index (κ2) is 7.25. The molecular weight excluding hydrogens is 368 g/mol. The van der Waals surface area contributed by atoms with Crippen molar-refractivity contribution in [2.45, 2.75) is 33.2 Å². The molecule has 0 spiro atoms. The summed E-state index contributed by atoms with van der Waals surface area (Å²) < 4.78 is 27.8. The first-order chi connectivity index (χ1) is 12.3. The second-order valence-electron chi connectivity index (χ2n) is 6.59. The van der Waals surface area contributed by atoms with Gasteiger partial charge in [0.25, 0.3) is 10.0 Å². The minimum absolute atomic E-state index is 0.283. The third-order valence-electron chi connectivity index (χ3n) is 4.40. The molecule has 26 heavy (non-hydrogen) atoms. The molecule has 0 saturated carbocycles. The molecule has 1 heterocycles. The minimum Gasteiger partial charge on any atom is -0.263 e. The molecule has 6 heteroatoms. The Kier molecular flexibility index (Phi) is 5.21. The fourth-order valence-corrected chi connectivity index (χ4v) is 4.61. The average Bonchev–Trinajstić information content (AvgIpc) is 2.83. The van der Waals surface area contributed by atoms with Gasteiger partial charge in [0.2, 0.25) is 0 Å². The summed E-state index contributed by atoms with van der Waals surface area (Å²) in [7, 11) is -3.62. The third-order valence-corrected chi connectivity index (χ3v) is 6.31. The number of hydrogen-bond donors (Lipinski definition) is 1. The zero-order valence-electron chi connectivity index (χ0n) is 15.0. The molecule has 0 radical (unpaired) electrons. The van der Waals surface area contributed by atoms with Gasteiger partial charge in [-0.25, -0.2) is 8.42 Å². The van der Waals surface area contributed by atoms with Crippen LogP contribution in [-0.2, 0) is 16.6 Å². The Hall–Kier alpha value is -2.11. The lowest BCUT2D eigenvalue weighted by molar-refractivity contribution is 0.603. The van der Waals surface area contributed by atoms with Crippen LogP contribution in [0.1, 0.15) is 43.4 Å². The highest BCUT2D eigenvalue weighted by Crippen LogP contribution is 2.31. The van der Waals surface area contributed by atoms with E-state index >= 15 is 0 Å². The summed E-state index contributed by atoms with van der Waals surface area (Å²) in [4.78, 5) is 4.72. The summed E-state index contributed by atoms with van der Waals surface area (Å²) in [6, 6.07) is 15.0. The van der Waals surface area contributed by atoms with E-state index in [0.29, 0.717) is 34.5 Å². The predicted octanol–water partition coefficient (Wildman–Crippen LogP) is 4.73. The molecule has 0 fully saturated rings. The van der Waals surface area contributed by atoms with Crippen molar-refractivity contribution in [3.63, 3.8) is 0 Å². The van der Waals surface area contributed by atoms with Crippen LogP contribution in [-0.4, -0.2) is 14.3 Å². The van der Waals surface area contributed by atoms with E-state index < -0.39 is 10.0 Å². The normalized spacial score (nSPS) is 17.8. The van der Waals surface area contributed by atoms with E-state index in [9.17, 15) is 8.42 Å². The lowest BCUT2D eigenvalue weighted by Crippen LogP contribution is -2.23. The van der Waals surface area contributed by atoms with Gasteiger partial charge in [0, 0.05) is 10.6 Å². The maximum absolute atomic E-state index is 12.6. The molecule has 0 saturated heterocycles. The van der Waals surface area contributed by atoms with E-state index in [-0.39, 0.29) is 4.91 Å². The lowest BCUT2D eigenvalue weighted by Gasteiger charge is -2.07. The van der Waals surface area contributed by atoms with Gasteiger partial charge in [-0.3, -0.25) is 9.71 Å². The fraction of sp³-hybridized carbons (Fsp3) is 0.250. The van der Waals surface area contributed by atoms with E-state index in [4.69, 9.17) is 11.6 Å². The number of nitrogens with one attached hydrogen (secondary N) is 1. The molecule has 0 atom stereocenters. The van der Waals surface area contributed by atoms with E-state index in [1.165, 1.54) is 5.56 Å². The van der Waals surface area contributed by atoms with E-state index in [0.717, 1.165) is 5.56 Å². The van der Waals surface area contributed by atoms with Crippen molar-refractivity contribution >= 4 is 32.4 Å². The van der Waals surface area contributed by atoms with Gasteiger partial charge >= 0.3 is 0 Å². The number of benzene rings is 2. The molecule has 136 valence electrons. The molecule has 1 N–H and O–H groups in total. The van der Waals surface area contributed by atoms with E-state index in [2.05, 4.69) is 23.6 Å². The van der Waals surface area contributed by atoms with E-state index in [1.807, 2.05) is 42.5 Å². The van der Waals surface area contributed by atoms with Gasteiger partial charge in [0.05, 0.1) is 6.54 Å². The summed E-state index contributed by atoms with van der Waals surface area (Å²) in [6.07, 6.45) is 0. The Balaban J connectivity index is 1.96. The van der Waals surface area contributed by atoms with Crippen LogP contribution >= 0.6 is 11.6 Å². The molecule has 0 amide bonds. The minimum atomic E-state index is -3.62. The molecule has 0 unspecified atom stereocenters. The molecule has 1 aliphatic heterocycles. The van der Waals surface area contributed by atoms with Gasteiger partial charge in [-0.2, -0.15) is 0 Å². The van der Waals surface area contributed by atoms with Crippen LogP contribution in [0.3, 0.4) is 0 Å². The second-order valence-corrected chi connectivity index (χ2v) is 8.62. The molecule has 2 aromatic rings. The molecule has 3 rings (SSSR count). The van der Waals surface area contributed by atoms with Gasteiger partial charge in [0.15, 0.2) is 0 Å². The molecular formula is C20H21ClN2O2S. The zero-order chi connectivity index (χ0) is 18.9. The molecule has 0 aliphatic carbocycles. The Morgan fingerprint density at radius 1 is 1.08 bits per heavy atom. The van der Waals surface area contributed by atoms with Crippen LogP contribution in [0.2, 0.25) is 5.02 Å². The van der Waals surface area contributed by atoms with Crippen LogP contribution in [0.5, 0.6) is 0 Å². The lowest BCUT2D eigenvalue weighted by atomic mass is 10.0. The summed E-state index contributed by atoms with van der Waals surface area (Å²) in [6.45, 7) is 6.29. The Morgan fingerprint density at radius 3 is 2.35 bits per heavy atom. The van der Waals surface area contributed by atoms with Crippen molar-refractivity contribution in [2.75, 3.05) is 0 Å². The smallest absolute Gasteiger partial charge is 0.263 e. The zero-order valence-corrected chi connectivity index (χ0v) is 16.5. The highest BCUT2D eigenvalue weighted by Gasteiger charge is 2.32. The maximum Gasteiger partial charge on any atom is 0.264 e. The maximum atomic E-state index is 12.6. The number of sulfonamides is 1. The van der Waals surface area contributed by atoms with Gasteiger partial charge < -0.3 is 0 Å². The fourth-order valence-electron chi connectivity index (χ4n) is 2.90. The van der Waals surface area contributed by atoms with Gasteiger partial charge in [-0.05, 0) is 35.6 Å². The average molecular weight is 389 g/mol. The summed E-state index contributed by atoms with van der Waals surface area (Å²) >= 11 is 6.15. The monoisotopic (exact) mass is 388 g/mol. The van der Waals surface area contributed by atoms with Crippen molar-refractivity contribution in [3.05, 3.63) is 75.8 Å². The highest BCUT2D eigenvalue weighted by atomic mass is 35.5. The van der Waals surface area contributed by atoms with Gasteiger partial charge in [0.1, 0.15) is 10.7 Å². The van der Waals surface area contributed by atoms with Crippen molar-refractivity contribution < 1.29 is 8.42 Å². The largest absolute Gasteiger partial charge is 0.264 e. The Labute approximate surface area is 159 Å². The summed E-state index contributed by atoms with van der Waals surface area (Å²) in [5.41, 5.74) is 3.31. The topological polar surface area (TPSA) is 58.5 Å². The Bertz CT molecular complexity index is 991. The van der Waals surface area contributed by atoms with Crippen molar-refractivity contribution in [2.24, 2.45) is 4.99 Å². The highest BCUT2D eigenvalue weighted by molar-refractivity contribution is 8.00. The standard InChI is InChI=1S/C20H21ClN2O2S/c1-13(2)15-8-10-16(11-9-15)19-14(3)20(23-26(19,24)25)22-12-17-6-4-5-7-18(17)21/h4-11,13H,12H2,1-3H3,(H,22,23). The first-order valence-corrected chi connectivity index (χ1v) is 10.3. The van der Waals surface area contributed by atoms with Crippen LogP contribution in [0.15, 0.2) is 59.1 Å². The van der Waals surface area contributed by atoms with Crippen molar-refractivity contribution in [1.29, 1.82) is 0 Å². The first-order valence-electron chi connectivity index (χ1n) is 8.42. The quantitative estimate of drug-likeness (QED) is 0.823. The predicted molar refractivity (Wildman–Crippen MR) is 108 cm³/mol. The van der Waals surface area contributed by atoms with Gasteiger partial charge in [-0.1, -0.05) is 67.9 Å². The molecule has 0 bridgehead atoms. The van der Waals surface area contributed by atoms with E-state index in [1.54, 1.807) is 13.0 Å². The van der Waals surface area contributed by atoms with Gasteiger partial charge in [-0.15, -0.1) is 0 Å². The number of rotatable bonds is 4. The van der Waals surface area contributed by atoms with Crippen molar-refractivity contribution in [3.8, 4) is 0 Å². The summed E-state index contributed by atoms with van der Waals surface area (Å²) in [5.74, 6) is 0.762. The van der Waals surface area contributed by atoms with Crippen LogP contribution in [0.4, 0.5) is 0 Å². The number of nitrogens with zero attached hydrogens (tertiary/aromatic N) is 1. The number of aliphatic imine (C=N–C) groups is 1. The van der Waals surface area contributed by atoms with Crippen molar-refractivity contribution in [1.82, 2.24) is 4.72 Å². The third kappa shape index (κ3) is 3.69. The van der Waals surface area contributed by atoms with Crippen LogP contribution < -0.4 is 4.72 Å². The molecule has 1 aliphatic rings. The number of hydrogen-bond acceptors (Lipinski definition) is 3. The molecule has 0 aromatic heterocycles. The molecule has 4 nitrogen and oxygen atoms in total. The molecule has 2 aromatic carbocycles. The Morgan fingerprint density at radius 2 is 1.73 bits per heavy atom. The van der Waals surface area contributed by atoms with Crippen LogP contribution in [0.25, 0.3) is 4.91 Å². The van der Waals surface area contributed by atoms with Crippen LogP contribution in [0, 0.1) is 0 Å². The number of halogens is 1. The number of amidine groups is 1. The SMILES string of the molecule is CC1=C(c2ccc(C(C)C)cc2)S(=O)(=O)NC1=NCc1ccccc1Cl.